The van der Waals surface area contributed by atoms with Crippen LogP contribution in [0.15, 0.2) is 0 Å². The average molecular weight is 264 g/mol. The Balaban J connectivity index is 3.61. The molecule has 2 nitrogen and oxygen atoms in total. The van der Waals surface area contributed by atoms with E-state index in [0.717, 1.165) is 0 Å². The van der Waals surface area contributed by atoms with Crippen LogP contribution in [0.2, 0.25) is 0 Å². The van der Waals surface area contributed by atoms with Crippen LogP contribution in [0.25, 0.3) is 0 Å². The molecule has 11 heavy (non-hydrogen) atoms. The molecule has 0 aromatic carbocycles. The maximum absolute atomic E-state index is 5.76. The first-order valence-electron chi connectivity index (χ1n) is 3.92. The maximum atomic E-state index is 5.76. The van der Waals surface area contributed by atoms with E-state index in [9.17, 15) is 0 Å². The van der Waals surface area contributed by atoms with Gasteiger partial charge in [0.05, 0.1) is 0 Å². The summed E-state index contributed by atoms with van der Waals surface area (Å²) in [5.74, 6) is 0. The normalized spacial score (nSPS) is 15.5. The van der Waals surface area contributed by atoms with Crippen LogP contribution < -0.4 is 0 Å². The minimum absolute atomic E-state index is 0.289. The summed E-state index contributed by atoms with van der Waals surface area (Å²) in [4.78, 5) is 0. The summed E-state index contributed by atoms with van der Waals surface area (Å²) in [5, 5.41) is 0. The number of hydrogen-bond acceptors (Lipinski definition) is 2. The molecule has 1 unspecified atom stereocenters. The summed E-state index contributed by atoms with van der Waals surface area (Å²) in [5.41, 5.74) is 0.289. The van der Waals surface area contributed by atoms with Crippen molar-refractivity contribution in [3.05, 3.63) is 0 Å². The van der Waals surface area contributed by atoms with Crippen LogP contribution in [0.3, 0.4) is 0 Å². The van der Waals surface area contributed by atoms with Gasteiger partial charge in [-0.25, -0.2) is 0 Å². The van der Waals surface area contributed by atoms with Crippen molar-refractivity contribution in [3.63, 3.8) is 0 Å². The Hall–Kier alpha value is 0.719. The quantitative estimate of drug-likeness (QED) is 0.717. The SMILES string of the molecule is CC([O][Sn][N](C)C)C(C)(C)C. The molecule has 0 aliphatic rings. The van der Waals surface area contributed by atoms with Gasteiger partial charge in [-0.3, -0.25) is 0 Å². The summed E-state index contributed by atoms with van der Waals surface area (Å²) in [6, 6.07) is 0. The number of rotatable bonds is 3. The van der Waals surface area contributed by atoms with E-state index >= 15 is 0 Å². The molecule has 0 heterocycles. The first-order chi connectivity index (χ1) is 4.84. The number of nitrogens with zero attached hydrogens (tertiary/aromatic N) is 1. The van der Waals surface area contributed by atoms with Crippen molar-refractivity contribution in [1.29, 1.82) is 0 Å². The van der Waals surface area contributed by atoms with E-state index in [1.807, 2.05) is 0 Å². The standard InChI is InChI=1S/C6H13O.C2H6N.Sn/c1-5(7)6(2,3)4;1-3-2;/h5H,1-4H3;1-2H3;/q2*-1;+2. The zero-order valence-corrected chi connectivity index (χ0v) is 11.3. The summed E-state index contributed by atoms with van der Waals surface area (Å²) < 4.78 is 7.96. The molecule has 66 valence electrons. The zero-order valence-electron chi connectivity index (χ0n) is 8.43. The predicted octanol–water partition coefficient (Wildman–Crippen LogP) is 1.53. The van der Waals surface area contributed by atoms with Gasteiger partial charge in [-0.05, 0) is 0 Å². The van der Waals surface area contributed by atoms with Crippen molar-refractivity contribution in [1.82, 2.24) is 3.12 Å². The Morgan fingerprint density at radius 2 is 1.73 bits per heavy atom. The third-order valence-corrected chi connectivity index (χ3v) is 3.98. The van der Waals surface area contributed by atoms with Crippen LogP contribution in [0, 0.1) is 5.41 Å². The third-order valence-electron chi connectivity index (χ3n) is 1.63. The van der Waals surface area contributed by atoms with E-state index in [0.29, 0.717) is 6.10 Å². The summed E-state index contributed by atoms with van der Waals surface area (Å²) >= 11 is -0.706. The molecule has 0 bridgehead atoms. The first kappa shape index (κ1) is 11.7. The van der Waals surface area contributed by atoms with Gasteiger partial charge in [0, 0.05) is 0 Å². The van der Waals surface area contributed by atoms with E-state index in [-0.39, 0.29) is 5.41 Å². The van der Waals surface area contributed by atoms with Crippen molar-refractivity contribution in [2.75, 3.05) is 14.1 Å². The van der Waals surface area contributed by atoms with Crippen LogP contribution in [0.1, 0.15) is 27.7 Å². The van der Waals surface area contributed by atoms with E-state index < -0.39 is 21.8 Å². The molecule has 0 fully saturated rings. The molecule has 0 rings (SSSR count). The van der Waals surface area contributed by atoms with Gasteiger partial charge in [-0.2, -0.15) is 0 Å². The third kappa shape index (κ3) is 5.93. The van der Waals surface area contributed by atoms with Gasteiger partial charge >= 0.3 is 81.3 Å². The van der Waals surface area contributed by atoms with Crippen LogP contribution >= 0.6 is 0 Å². The molecule has 0 saturated heterocycles. The summed E-state index contributed by atoms with van der Waals surface area (Å²) in [6.45, 7) is 8.80. The molecular weight excluding hydrogens is 245 g/mol. The summed E-state index contributed by atoms with van der Waals surface area (Å²) in [7, 11) is 4.17. The monoisotopic (exact) mass is 265 g/mol. The van der Waals surface area contributed by atoms with Crippen molar-refractivity contribution in [3.8, 4) is 0 Å². The molecule has 0 aromatic rings. The molecule has 0 amide bonds. The van der Waals surface area contributed by atoms with Crippen LogP contribution in [-0.2, 0) is 3.07 Å². The van der Waals surface area contributed by atoms with Crippen molar-refractivity contribution < 1.29 is 3.07 Å². The van der Waals surface area contributed by atoms with Gasteiger partial charge < -0.3 is 0 Å². The fourth-order valence-electron chi connectivity index (χ4n) is 0.361. The minimum atomic E-state index is -0.706. The van der Waals surface area contributed by atoms with E-state index in [1.165, 1.54) is 0 Å². The van der Waals surface area contributed by atoms with Gasteiger partial charge in [0.2, 0.25) is 0 Å². The second-order valence-corrected chi connectivity index (χ2v) is 7.86. The Kier molecular flexibility index (Phi) is 4.98. The summed E-state index contributed by atoms with van der Waals surface area (Å²) in [6.07, 6.45) is 0.386. The van der Waals surface area contributed by atoms with Crippen LogP contribution in [0.4, 0.5) is 0 Å². The molecule has 0 saturated carbocycles. The second-order valence-electron chi connectivity index (χ2n) is 4.11. The Morgan fingerprint density at radius 1 is 1.27 bits per heavy atom. The Bertz CT molecular complexity index is 109. The van der Waals surface area contributed by atoms with Crippen molar-refractivity contribution in [2.45, 2.75) is 33.8 Å². The van der Waals surface area contributed by atoms with Gasteiger partial charge in [0.25, 0.3) is 0 Å². The second kappa shape index (κ2) is 4.67. The van der Waals surface area contributed by atoms with Crippen LogP contribution in [-0.4, -0.2) is 45.2 Å². The number of hydrogen-bond donors (Lipinski definition) is 0. The van der Waals surface area contributed by atoms with Gasteiger partial charge in [0.15, 0.2) is 0 Å². The first-order valence-corrected chi connectivity index (χ1v) is 6.37. The Morgan fingerprint density at radius 3 is 2.00 bits per heavy atom. The average Bonchev–Trinajstić information content (AvgIpc) is 1.80. The molecule has 0 aliphatic carbocycles. The van der Waals surface area contributed by atoms with Gasteiger partial charge in [0.1, 0.15) is 0 Å². The van der Waals surface area contributed by atoms with Gasteiger partial charge in [-0.1, -0.05) is 0 Å². The molecular formula is C8H19NOSn. The fourth-order valence-corrected chi connectivity index (χ4v) is 2.42. The fraction of sp³-hybridized carbons (Fsp3) is 1.00. The van der Waals surface area contributed by atoms with Crippen molar-refractivity contribution >= 4 is 21.8 Å². The molecule has 0 aliphatic heterocycles. The Labute approximate surface area is 81.4 Å². The topological polar surface area (TPSA) is 12.5 Å². The van der Waals surface area contributed by atoms with Crippen LogP contribution in [0.5, 0.6) is 0 Å². The molecule has 0 spiro atoms. The van der Waals surface area contributed by atoms with Gasteiger partial charge in [-0.15, -0.1) is 0 Å². The molecule has 2 radical (unpaired) electrons. The van der Waals surface area contributed by atoms with E-state index in [2.05, 4.69) is 44.9 Å². The van der Waals surface area contributed by atoms with E-state index in [1.54, 1.807) is 0 Å². The zero-order chi connectivity index (χ0) is 9.07. The van der Waals surface area contributed by atoms with Crippen molar-refractivity contribution in [2.24, 2.45) is 5.41 Å². The van der Waals surface area contributed by atoms with E-state index in [4.69, 9.17) is 3.07 Å². The molecule has 3 heteroatoms. The molecule has 0 N–H and O–H groups in total. The predicted molar refractivity (Wildman–Crippen MR) is 49.4 cm³/mol. The molecule has 0 aromatic heterocycles. The molecule has 1 atom stereocenters.